The molecule has 0 fully saturated rings. The third kappa shape index (κ3) is 6.25. The minimum atomic E-state index is -0.807. The molecule has 0 radical (unpaired) electrons. The Morgan fingerprint density at radius 1 is 1.43 bits per heavy atom. The number of nitrogens with one attached hydrogen (secondary N) is 1. The molecular weight excluding hydrogens is 272 g/mol. The second-order valence-corrected chi connectivity index (χ2v) is 5.40. The molecule has 1 aromatic heterocycles. The van der Waals surface area contributed by atoms with Gasteiger partial charge in [0.05, 0.1) is 12.7 Å². The average Bonchev–Trinajstić information content (AvgIpc) is 2.43. The van der Waals surface area contributed by atoms with Crippen LogP contribution >= 0.6 is 0 Å². The Morgan fingerprint density at radius 2 is 2.14 bits per heavy atom. The smallest absolute Gasteiger partial charge is 0.338 e. The first-order chi connectivity index (χ1) is 9.92. The van der Waals surface area contributed by atoms with Crippen molar-refractivity contribution in [3.8, 4) is 0 Å². The van der Waals surface area contributed by atoms with Gasteiger partial charge in [0.25, 0.3) is 0 Å². The van der Waals surface area contributed by atoms with Gasteiger partial charge in [-0.2, -0.15) is 0 Å². The van der Waals surface area contributed by atoms with Gasteiger partial charge in [-0.15, -0.1) is 0 Å². The molecule has 1 aromatic rings. The summed E-state index contributed by atoms with van der Waals surface area (Å²) in [6.45, 7) is 4.62. The van der Waals surface area contributed by atoms with Crippen molar-refractivity contribution in [2.75, 3.05) is 19.0 Å². The molecule has 0 aliphatic carbocycles. The molecule has 116 valence electrons. The van der Waals surface area contributed by atoms with Crippen LogP contribution in [-0.2, 0) is 9.53 Å². The average molecular weight is 294 g/mol. The van der Waals surface area contributed by atoms with E-state index in [-0.39, 0.29) is 12.3 Å². The molecule has 6 nitrogen and oxygen atoms in total. The summed E-state index contributed by atoms with van der Waals surface area (Å²) in [5, 5.41) is 12.0. The van der Waals surface area contributed by atoms with Gasteiger partial charge in [-0.05, 0) is 30.4 Å². The zero-order chi connectivity index (χ0) is 15.8. The zero-order valence-electron chi connectivity index (χ0n) is 12.6. The third-order valence-corrected chi connectivity index (χ3v) is 3.02. The Morgan fingerprint density at radius 3 is 2.71 bits per heavy atom. The van der Waals surface area contributed by atoms with E-state index >= 15 is 0 Å². The third-order valence-electron chi connectivity index (χ3n) is 3.02. The van der Waals surface area contributed by atoms with E-state index in [0.717, 1.165) is 6.42 Å². The Balaban J connectivity index is 2.66. The fourth-order valence-electron chi connectivity index (χ4n) is 2.17. The van der Waals surface area contributed by atoms with Crippen LogP contribution in [0, 0.1) is 11.8 Å². The highest BCUT2D eigenvalue weighted by atomic mass is 16.5. The van der Waals surface area contributed by atoms with Gasteiger partial charge in [-0.3, -0.25) is 4.79 Å². The lowest BCUT2D eigenvalue weighted by atomic mass is 9.94. The zero-order valence-corrected chi connectivity index (χ0v) is 12.6. The number of carboxylic acid groups (broad SMARTS) is 1. The van der Waals surface area contributed by atoms with Crippen LogP contribution in [0.4, 0.5) is 5.82 Å². The van der Waals surface area contributed by atoms with Gasteiger partial charge in [0, 0.05) is 19.2 Å². The number of carboxylic acids is 1. The first-order valence-corrected chi connectivity index (χ1v) is 6.92. The van der Waals surface area contributed by atoms with E-state index in [1.54, 1.807) is 12.1 Å². The van der Waals surface area contributed by atoms with E-state index in [9.17, 15) is 9.59 Å². The normalized spacial score (nSPS) is 12.0. The number of methoxy groups -OCH3 is 1. The molecule has 0 saturated heterocycles. The molecule has 2 N–H and O–H groups in total. The van der Waals surface area contributed by atoms with Crippen LogP contribution in [-0.4, -0.2) is 35.7 Å². The van der Waals surface area contributed by atoms with Crippen LogP contribution in [0.3, 0.4) is 0 Å². The van der Waals surface area contributed by atoms with Crippen molar-refractivity contribution in [2.45, 2.75) is 26.7 Å². The van der Waals surface area contributed by atoms with Crippen LogP contribution in [0.2, 0.25) is 0 Å². The van der Waals surface area contributed by atoms with Gasteiger partial charge < -0.3 is 15.2 Å². The number of esters is 1. The van der Waals surface area contributed by atoms with Crippen LogP contribution in [0.5, 0.6) is 0 Å². The highest BCUT2D eigenvalue weighted by Gasteiger charge is 2.15. The molecule has 0 aromatic carbocycles. The number of carbonyl (C=O) groups is 2. The van der Waals surface area contributed by atoms with E-state index in [1.807, 2.05) is 0 Å². The van der Waals surface area contributed by atoms with Crippen molar-refractivity contribution in [3.63, 3.8) is 0 Å². The van der Waals surface area contributed by atoms with E-state index < -0.39 is 11.9 Å². The highest BCUT2D eigenvalue weighted by Crippen LogP contribution is 2.17. The van der Waals surface area contributed by atoms with Crippen molar-refractivity contribution < 1.29 is 19.4 Å². The van der Waals surface area contributed by atoms with E-state index in [1.165, 1.54) is 13.3 Å². The Labute approximate surface area is 124 Å². The van der Waals surface area contributed by atoms with Crippen molar-refractivity contribution in [2.24, 2.45) is 11.8 Å². The predicted octanol–water partition coefficient (Wildman–Crippen LogP) is 2.42. The lowest BCUT2D eigenvalue weighted by molar-refractivity contribution is -0.138. The van der Waals surface area contributed by atoms with Gasteiger partial charge in [-0.1, -0.05) is 13.8 Å². The van der Waals surface area contributed by atoms with Gasteiger partial charge in [-0.25, -0.2) is 9.78 Å². The van der Waals surface area contributed by atoms with Crippen molar-refractivity contribution in [3.05, 3.63) is 23.9 Å². The number of anilines is 1. The molecule has 0 bridgehead atoms. The lowest BCUT2D eigenvalue weighted by Crippen LogP contribution is -2.20. The minimum Gasteiger partial charge on any atom is -0.481 e. The fourth-order valence-corrected chi connectivity index (χ4v) is 2.17. The van der Waals surface area contributed by atoms with Crippen LogP contribution in [0.25, 0.3) is 0 Å². The largest absolute Gasteiger partial charge is 0.481 e. The number of ether oxygens (including phenoxy) is 1. The molecule has 0 saturated carbocycles. The molecule has 21 heavy (non-hydrogen) atoms. The van der Waals surface area contributed by atoms with Crippen LogP contribution in [0.1, 0.15) is 37.0 Å². The molecule has 0 aliphatic heterocycles. The number of aliphatic carboxylic acids is 1. The van der Waals surface area contributed by atoms with Gasteiger partial charge in [0.2, 0.25) is 0 Å². The molecule has 1 rings (SSSR count). The molecular formula is C15H22N2O4. The molecule has 1 heterocycles. The SMILES string of the molecule is COC(=O)c1ccnc(NCC(CC(=O)O)CC(C)C)c1. The maximum Gasteiger partial charge on any atom is 0.338 e. The summed E-state index contributed by atoms with van der Waals surface area (Å²) in [4.78, 5) is 26.4. The maximum absolute atomic E-state index is 11.4. The minimum absolute atomic E-state index is 0.0195. The Kier molecular flexibility index (Phi) is 6.65. The topological polar surface area (TPSA) is 88.5 Å². The Bertz CT molecular complexity index is 488. The molecule has 0 amide bonds. The lowest BCUT2D eigenvalue weighted by Gasteiger charge is -2.18. The highest BCUT2D eigenvalue weighted by molar-refractivity contribution is 5.89. The molecule has 1 atom stereocenters. The number of aromatic nitrogens is 1. The monoisotopic (exact) mass is 294 g/mol. The van der Waals surface area contributed by atoms with E-state index in [2.05, 4.69) is 28.9 Å². The van der Waals surface area contributed by atoms with E-state index in [0.29, 0.717) is 23.8 Å². The fraction of sp³-hybridized carbons (Fsp3) is 0.533. The number of nitrogens with zero attached hydrogens (tertiary/aromatic N) is 1. The van der Waals surface area contributed by atoms with Gasteiger partial charge in [0.1, 0.15) is 5.82 Å². The second-order valence-electron chi connectivity index (χ2n) is 5.40. The molecule has 6 heteroatoms. The van der Waals surface area contributed by atoms with Crippen LogP contribution in [0.15, 0.2) is 18.3 Å². The molecule has 0 spiro atoms. The second kappa shape index (κ2) is 8.24. The van der Waals surface area contributed by atoms with Crippen LogP contribution < -0.4 is 5.32 Å². The standard InChI is InChI=1S/C15H22N2O4/c1-10(2)6-11(7-14(18)19)9-17-13-8-12(4-5-16-13)15(20)21-3/h4-5,8,10-11H,6-7,9H2,1-3H3,(H,16,17)(H,18,19). The molecule has 0 aliphatic rings. The Hall–Kier alpha value is -2.11. The summed E-state index contributed by atoms with van der Waals surface area (Å²) in [6.07, 6.45) is 2.45. The van der Waals surface area contributed by atoms with Crippen molar-refractivity contribution in [1.82, 2.24) is 4.98 Å². The van der Waals surface area contributed by atoms with Crippen molar-refractivity contribution >= 4 is 17.8 Å². The summed E-state index contributed by atoms with van der Waals surface area (Å²) in [5.41, 5.74) is 0.411. The summed E-state index contributed by atoms with van der Waals surface area (Å²) in [7, 11) is 1.32. The number of hydrogen-bond donors (Lipinski definition) is 2. The van der Waals surface area contributed by atoms with Gasteiger partial charge in [0.15, 0.2) is 0 Å². The van der Waals surface area contributed by atoms with Gasteiger partial charge >= 0.3 is 11.9 Å². The summed E-state index contributed by atoms with van der Waals surface area (Å²) in [5.74, 6) is -0.253. The summed E-state index contributed by atoms with van der Waals surface area (Å²) in [6, 6.07) is 3.17. The predicted molar refractivity (Wildman–Crippen MR) is 79.3 cm³/mol. The molecule has 1 unspecified atom stereocenters. The summed E-state index contributed by atoms with van der Waals surface area (Å²) >= 11 is 0. The number of pyridine rings is 1. The number of rotatable bonds is 8. The summed E-state index contributed by atoms with van der Waals surface area (Å²) < 4.78 is 4.65. The number of carbonyl (C=O) groups excluding carboxylic acids is 1. The van der Waals surface area contributed by atoms with E-state index in [4.69, 9.17) is 5.11 Å². The number of hydrogen-bond acceptors (Lipinski definition) is 5. The quantitative estimate of drug-likeness (QED) is 0.716. The first kappa shape index (κ1) is 16.9. The first-order valence-electron chi connectivity index (χ1n) is 6.92. The maximum atomic E-state index is 11.4. The van der Waals surface area contributed by atoms with Crippen molar-refractivity contribution in [1.29, 1.82) is 0 Å².